The van der Waals surface area contributed by atoms with E-state index in [9.17, 15) is 0 Å². The van der Waals surface area contributed by atoms with Crippen LogP contribution in [0.25, 0.3) is 0 Å². The van der Waals surface area contributed by atoms with Crippen LogP contribution in [0.15, 0.2) is 35.3 Å². The number of rotatable bonds is 6. The third-order valence-electron chi connectivity index (χ3n) is 3.62. The van der Waals surface area contributed by atoms with Crippen molar-refractivity contribution in [1.29, 1.82) is 0 Å². The predicted octanol–water partition coefficient (Wildman–Crippen LogP) is 2.08. The number of ether oxygens (including phenoxy) is 1. The molecule has 0 spiro atoms. The first-order valence-electron chi connectivity index (χ1n) is 7.68. The number of hydrogen-bond donors (Lipinski definition) is 2. The van der Waals surface area contributed by atoms with Gasteiger partial charge < -0.3 is 20.3 Å². The van der Waals surface area contributed by atoms with E-state index in [-0.39, 0.29) is 24.0 Å². The SMILES string of the molecule is CCOCCNC(=NC)NC1CCN(c2ccccc2)C1.I. The van der Waals surface area contributed by atoms with Crippen LogP contribution >= 0.6 is 24.0 Å². The lowest BCUT2D eigenvalue weighted by Gasteiger charge is -2.20. The molecule has 1 unspecified atom stereocenters. The van der Waals surface area contributed by atoms with Crippen molar-refractivity contribution in [2.75, 3.05) is 44.8 Å². The van der Waals surface area contributed by atoms with Crippen LogP contribution in [0.3, 0.4) is 0 Å². The highest BCUT2D eigenvalue weighted by Gasteiger charge is 2.23. The third kappa shape index (κ3) is 6.00. The number of para-hydroxylation sites is 1. The number of benzene rings is 1. The molecule has 124 valence electrons. The van der Waals surface area contributed by atoms with Crippen molar-refractivity contribution >= 4 is 35.6 Å². The molecule has 1 saturated heterocycles. The van der Waals surface area contributed by atoms with Gasteiger partial charge >= 0.3 is 0 Å². The van der Waals surface area contributed by atoms with Gasteiger partial charge in [-0.3, -0.25) is 4.99 Å². The monoisotopic (exact) mass is 418 g/mol. The molecule has 2 rings (SSSR count). The standard InChI is InChI=1S/C16H26N4O.HI/c1-3-21-12-10-18-16(17-2)19-14-9-11-20(13-14)15-7-5-4-6-8-15;/h4-8,14H,3,9-13H2,1-2H3,(H2,17,18,19);1H. The lowest BCUT2D eigenvalue weighted by molar-refractivity contribution is 0.152. The van der Waals surface area contributed by atoms with Crippen LogP contribution in [-0.4, -0.2) is 51.9 Å². The molecule has 0 aromatic heterocycles. The molecule has 1 fully saturated rings. The Morgan fingerprint density at radius 2 is 2.14 bits per heavy atom. The summed E-state index contributed by atoms with van der Waals surface area (Å²) in [5, 5.41) is 6.77. The molecule has 2 N–H and O–H groups in total. The summed E-state index contributed by atoms with van der Waals surface area (Å²) in [5.74, 6) is 0.856. The molecule has 0 aliphatic carbocycles. The quantitative estimate of drug-likeness (QED) is 0.322. The Balaban J connectivity index is 0.00000242. The van der Waals surface area contributed by atoms with Crippen molar-refractivity contribution in [3.05, 3.63) is 30.3 Å². The van der Waals surface area contributed by atoms with Gasteiger partial charge in [0.1, 0.15) is 0 Å². The predicted molar refractivity (Wildman–Crippen MR) is 103 cm³/mol. The molecule has 0 saturated carbocycles. The number of guanidine groups is 1. The lowest BCUT2D eigenvalue weighted by Crippen LogP contribution is -2.45. The molecule has 0 bridgehead atoms. The molecule has 1 aliphatic heterocycles. The maximum atomic E-state index is 5.32. The third-order valence-corrected chi connectivity index (χ3v) is 3.62. The minimum Gasteiger partial charge on any atom is -0.380 e. The zero-order valence-corrected chi connectivity index (χ0v) is 15.7. The van der Waals surface area contributed by atoms with Gasteiger partial charge in [0.05, 0.1) is 6.61 Å². The van der Waals surface area contributed by atoms with Gasteiger partial charge in [-0.25, -0.2) is 0 Å². The Morgan fingerprint density at radius 3 is 2.82 bits per heavy atom. The Kier molecular flexibility index (Phi) is 9.22. The second kappa shape index (κ2) is 10.7. The molecule has 6 heteroatoms. The summed E-state index contributed by atoms with van der Waals surface area (Å²) >= 11 is 0. The molecular formula is C16H27IN4O. The van der Waals surface area contributed by atoms with Gasteiger partial charge in [0.15, 0.2) is 5.96 Å². The molecule has 1 aromatic rings. The highest BCUT2D eigenvalue weighted by Crippen LogP contribution is 2.19. The van der Waals surface area contributed by atoms with E-state index < -0.39 is 0 Å². The molecule has 22 heavy (non-hydrogen) atoms. The first-order valence-corrected chi connectivity index (χ1v) is 7.68. The topological polar surface area (TPSA) is 48.9 Å². The van der Waals surface area contributed by atoms with Crippen molar-refractivity contribution in [3.8, 4) is 0 Å². The number of aliphatic imine (C=N–C) groups is 1. The lowest BCUT2D eigenvalue weighted by atomic mass is 10.3. The van der Waals surface area contributed by atoms with Crippen molar-refractivity contribution in [2.45, 2.75) is 19.4 Å². The second-order valence-electron chi connectivity index (χ2n) is 5.11. The summed E-state index contributed by atoms with van der Waals surface area (Å²) in [7, 11) is 1.81. The van der Waals surface area contributed by atoms with E-state index in [1.54, 1.807) is 7.05 Å². The van der Waals surface area contributed by atoms with Crippen molar-refractivity contribution in [3.63, 3.8) is 0 Å². The second-order valence-corrected chi connectivity index (χ2v) is 5.11. The van der Waals surface area contributed by atoms with Crippen molar-refractivity contribution in [1.82, 2.24) is 10.6 Å². The van der Waals surface area contributed by atoms with Gasteiger partial charge in [-0.15, -0.1) is 24.0 Å². The molecule has 1 aliphatic rings. The normalized spacial score (nSPS) is 18.0. The summed E-state index contributed by atoms with van der Waals surface area (Å²) in [6, 6.07) is 11.0. The van der Waals surface area contributed by atoms with Crippen LogP contribution in [0.4, 0.5) is 5.69 Å². The highest BCUT2D eigenvalue weighted by molar-refractivity contribution is 14.0. The van der Waals surface area contributed by atoms with E-state index in [4.69, 9.17) is 4.74 Å². The van der Waals surface area contributed by atoms with Crippen LogP contribution in [0.5, 0.6) is 0 Å². The summed E-state index contributed by atoms with van der Waals surface area (Å²) < 4.78 is 5.32. The fourth-order valence-electron chi connectivity index (χ4n) is 2.53. The first-order chi connectivity index (χ1) is 10.3. The van der Waals surface area contributed by atoms with Crippen molar-refractivity contribution < 1.29 is 4.74 Å². The summed E-state index contributed by atoms with van der Waals surface area (Å²) in [6.45, 7) is 6.33. The van der Waals surface area contributed by atoms with E-state index in [1.165, 1.54) is 5.69 Å². The Morgan fingerprint density at radius 1 is 1.36 bits per heavy atom. The molecule has 5 nitrogen and oxygen atoms in total. The number of anilines is 1. The average molecular weight is 418 g/mol. The Labute approximate surface area is 150 Å². The van der Waals surface area contributed by atoms with Crippen LogP contribution in [-0.2, 0) is 4.74 Å². The van der Waals surface area contributed by atoms with Gasteiger partial charge in [-0.2, -0.15) is 0 Å². The molecular weight excluding hydrogens is 391 g/mol. The molecule has 1 aromatic carbocycles. The smallest absolute Gasteiger partial charge is 0.191 e. The van der Waals surface area contributed by atoms with Gasteiger partial charge in [-0.1, -0.05) is 18.2 Å². The fraction of sp³-hybridized carbons (Fsp3) is 0.562. The van der Waals surface area contributed by atoms with Gasteiger partial charge in [0.2, 0.25) is 0 Å². The molecule has 0 amide bonds. The Hall–Kier alpha value is -1.02. The van der Waals surface area contributed by atoms with Crippen LogP contribution < -0.4 is 15.5 Å². The molecule has 1 atom stereocenters. The highest BCUT2D eigenvalue weighted by atomic mass is 127. The largest absolute Gasteiger partial charge is 0.380 e. The van der Waals surface area contributed by atoms with E-state index in [0.717, 1.165) is 38.6 Å². The minimum atomic E-state index is 0. The van der Waals surface area contributed by atoms with Crippen molar-refractivity contribution in [2.24, 2.45) is 4.99 Å². The fourth-order valence-corrected chi connectivity index (χ4v) is 2.53. The summed E-state index contributed by atoms with van der Waals surface area (Å²) in [6.07, 6.45) is 1.13. The van der Waals surface area contributed by atoms with Gasteiger partial charge in [-0.05, 0) is 25.5 Å². The van der Waals surface area contributed by atoms with Gasteiger partial charge in [0.25, 0.3) is 0 Å². The average Bonchev–Trinajstić information content (AvgIpc) is 3.00. The summed E-state index contributed by atoms with van der Waals surface area (Å²) in [5.41, 5.74) is 1.29. The zero-order valence-electron chi connectivity index (χ0n) is 13.4. The Bertz CT molecular complexity index is 441. The number of hydrogen-bond acceptors (Lipinski definition) is 3. The maximum absolute atomic E-state index is 5.32. The maximum Gasteiger partial charge on any atom is 0.191 e. The van der Waals surface area contributed by atoms with E-state index in [0.29, 0.717) is 12.6 Å². The number of halogens is 1. The van der Waals surface area contributed by atoms with Crippen LogP contribution in [0.1, 0.15) is 13.3 Å². The van der Waals surface area contributed by atoms with Crippen LogP contribution in [0, 0.1) is 0 Å². The number of nitrogens with zero attached hydrogens (tertiary/aromatic N) is 2. The number of nitrogens with one attached hydrogen (secondary N) is 2. The van der Waals surface area contributed by atoms with Gasteiger partial charge in [0, 0.05) is 45.0 Å². The van der Waals surface area contributed by atoms with Crippen LogP contribution in [0.2, 0.25) is 0 Å². The minimum absolute atomic E-state index is 0. The molecule has 0 radical (unpaired) electrons. The van der Waals surface area contributed by atoms with E-state index in [1.807, 2.05) is 6.92 Å². The van der Waals surface area contributed by atoms with E-state index >= 15 is 0 Å². The zero-order chi connectivity index (χ0) is 14.9. The molecule has 1 heterocycles. The van der Waals surface area contributed by atoms with E-state index in [2.05, 4.69) is 50.9 Å². The first kappa shape index (κ1) is 19.0. The summed E-state index contributed by atoms with van der Waals surface area (Å²) in [4.78, 5) is 6.68.